The maximum atomic E-state index is 10.1. The molecule has 0 bridgehead atoms. The summed E-state index contributed by atoms with van der Waals surface area (Å²) in [6, 6.07) is 18.0. The highest BCUT2D eigenvalue weighted by molar-refractivity contribution is 5.35. The molecule has 2 aromatic rings. The molecular weight excluding hydrogens is 330 g/mol. The molecule has 0 spiro atoms. The minimum absolute atomic E-state index is 0.0922. The van der Waals surface area contributed by atoms with Crippen LogP contribution >= 0.6 is 0 Å². The van der Waals surface area contributed by atoms with Crippen molar-refractivity contribution in [1.29, 1.82) is 10.5 Å². The van der Waals surface area contributed by atoms with Crippen LogP contribution in [0, 0.1) is 22.7 Å². The van der Waals surface area contributed by atoms with Gasteiger partial charge in [-0.25, -0.2) is 0 Å². The van der Waals surface area contributed by atoms with Crippen molar-refractivity contribution in [2.24, 2.45) is 0 Å². The molecule has 0 saturated carbocycles. The first-order chi connectivity index (χ1) is 12.7. The molecule has 1 fully saturated rings. The van der Waals surface area contributed by atoms with E-state index in [9.17, 15) is 5.11 Å². The molecule has 0 aromatic heterocycles. The largest absolute Gasteiger partial charge is 0.491 e. The van der Waals surface area contributed by atoms with Gasteiger partial charge in [-0.15, -0.1) is 0 Å². The third-order valence-electron chi connectivity index (χ3n) is 4.10. The Morgan fingerprint density at radius 2 is 1.50 bits per heavy atom. The van der Waals surface area contributed by atoms with Gasteiger partial charge in [0.1, 0.15) is 30.3 Å². The molecule has 6 heteroatoms. The summed E-state index contributed by atoms with van der Waals surface area (Å²) in [4.78, 5) is 2.10. The van der Waals surface area contributed by atoms with Gasteiger partial charge >= 0.3 is 0 Å². The van der Waals surface area contributed by atoms with E-state index in [1.165, 1.54) is 0 Å². The van der Waals surface area contributed by atoms with Crippen LogP contribution in [0.4, 0.5) is 0 Å². The quantitative estimate of drug-likeness (QED) is 0.821. The second-order valence-electron chi connectivity index (χ2n) is 6.20. The van der Waals surface area contributed by atoms with Crippen LogP contribution in [0.25, 0.3) is 0 Å². The van der Waals surface area contributed by atoms with Gasteiger partial charge in [0.25, 0.3) is 0 Å². The van der Waals surface area contributed by atoms with Crippen molar-refractivity contribution in [3.8, 4) is 23.6 Å². The molecule has 1 unspecified atom stereocenters. The van der Waals surface area contributed by atoms with Crippen LogP contribution in [0.15, 0.2) is 48.5 Å². The lowest BCUT2D eigenvalue weighted by molar-refractivity contribution is -0.0174. The fourth-order valence-corrected chi connectivity index (χ4v) is 2.72. The molecule has 1 atom stereocenters. The molecule has 0 radical (unpaired) electrons. The van der Waals surface area contributed by atoms with Gasteiger partial charge in [0.2, 0.25) is 0 Å². The molecule has 1 N–H and O–H groups in total. The summed E-state index contributed by atoms with van der Waals surface area (Å²) in [5, 5.41) is 27.6. The first-order valence-electron chi connectivity index (χ1n) is 8.36. The van der Waals surface area contributed by atoms with Crippen LogP contribution in [0.3, 0.4) is 0 Å². The van der Waals surface area contributed by atoms with Crippen LogP contribution in [-0.2, 0) is 0 Å². The van der Waals surface area contributed by atoms with Crippen molar-refractivity contribution < 1.29 is 14.6 Å². The molecule has 1 heterocycles. The van der Waals surface area contributed by atoms with E-state index in [1.807, 2.05) is 6.07 Å². The summed E-state index contributed by atoms with van der Waals surface area (Å²) in [5.41, 5.74) is 1.18. The van der Waals surface area contributed by atoms with Crippen molar-refractivity contribution in [2.75, 3.05) is 26.2 Å². The number of ether oxygens (including phenoxy) is 2. The lowest BCUT2D eigenvalue weighted by Crippen LogP contribution is -2.56. The number of hydrogen-bond donors (Lipinski definition) is 1. The highest BCUT2D eigenvalue weighted by atomic mass is 16.5. The summed E-state index contributed by atoms with van der Waals surface area (Å²) in [5.74, 6) is 1.38. The average molecular weight is 349 g/mol. The van der Waals surface area contributed by atoms with E-state index >= 15 is 0 Å². The number of likely N-dealkylation sites (tertiary alicyclic amines) is 1. The zero-order valence-corrected chi connectivity index (χ0v) is 14.2. The Hall–Kier alpha value is -3.06. The standard InChI is InChI=1S/C20H19N3O3/c21-9-15-1-5-18(6-2-15)25-14-17(24)11-23-12-20(13-23)26-19-7-3-16(10-22)4-8-19/h1-8,17,20,24H,11-14H2. The predicted molar refractivity (Wildman–Crippen MR) is 94.7 cm³/mol. The van der Waals surface area contributed by atoms with Gasteiger partial charge in [0.15, 0.2) is 0 Å². The Bertz CT molecular complexity index is 800. The van der Waals surface area contributed by atoms with Gasteiger partial charge in [-0.2, -0.15) is 10.5 Å². The Morgan fingerprint density at radius 1 is 0.962 bits per heavy atom. The van der Waals surface area contributed by atoms with Gasteiger partial charge in [0.05, 0.1) is 23.3 Å². The SMILES string of the molecule is N#Cc1ccc(OCC(O)CN2CC(Oc3ccc(C#N)cc3)C2)cc1. The van der Waals surface area contributed by atoms with E-state index in [0.717, 1.165) is 18.8 Å². The number of hydrogen-bond acceptors (Lipinski definition) is 6. The summed E-state index contributed by atoms with van der Waals surface area (Å²) in [6.07, 6.45) is -0.504. The Morgan fingerprint density at radius 3 is 2.04 bits per heavy atom. The van der Waals surface area contributed by atoms with Crippen molar-refractivity contribution in [3.05, 3.63) is 59.7 Å². The van der Waals surface area contributed by atoms with Gasteiger partial charge in [-0.1, -0.05) is 0 Å². The molecule has 0 amide bonds. The fraction of sp³-hybridized carbons (Fsp3) is 0.300. The van der Waals surface area contributed by atoms with Crippen molar-refractivity contribution in [1.82, 2.24) is 4.90 Å². The smallest absolute Gasteiger partial charge is 0.124 e. The topological polar surface area (TPSA) is 89.5 Å². The minimum atomic E-state index is -0.596. The number of nitrogens with zero attached hydrogens (tertiary/aromatic N) is 3. The maximum Gasteiger partial charge on any atom is 0.124 e. The molecule has 1 saturated heterocycles. The Kier molecular flexibility index (Phi) is 5.70. The molecule has 6 nitrogen and oxygen atoms in total. The Labute approximate surface area is 152 Å². The predicted octanol–water partition coefficient (Wildman–Crippen LogP) is 1.93. The fourth-order valence-electron chi connectivity index (χ4n) is 2.72. The third kappa shape index (κ3) is 4.73. The first kappa shape index (κ1) is 17.8. The van der Waals surface area contributed by atoms with Crippen molar-refractivity contribution in [2.45, 2.75) is 12.2 Å². The molecule has 1 aliphatic rings. The van der Waals surface area contributed by atoms with Gasteiger partial charge in [0, 0.05) is 19.6 Å². The second kappa shape index (κ2) is 8.35. The molecule has 2 aromatic carbocycles. The van der Waals surface area contributed by atoms with E-state index in [4.69, 9.17) is 20.0 Å². The van der Waals surface area contributed by atoms with E-state index < -0.39 is 6.10 Å². The summed E-state index contributed by atoms with van der Waals surface area (Å²) < 4.78 is 11.4. The number of β-amino-alcohol motifs (C(OH)–C–C–N with tert-alkyl or cyclic N) is 1. The first-order valence-corrected chi connectivity index (χ1v) is 8.36. The highest BCUT2D eigenvalue weighted by Crippen LogP contribution is 2.19. The summed E-state index contributed by atoms with van der Waals surface area (Å²) >= 11 is 0. The van der Waals surface area contributed by atoms with Gasteiger partial charge in [-0.3, -0.25) is 4.90 Å². The number of aliphatic hydroxyl groups excluding tert-OH is 1. The lowest BCUT2D eigenvalue weighted by atomic mass is 10.1. The molecule has 26 heavy (non-hydrogen) atoms. The van der Waals surface area contributed by atoms with E-state index in [1.54, 1.807) is 48.5 Å². The lowest BCUT2D eigenvalue weighted by Gasteiger charge is -2.39. The molecular formula is C20H19N3O3. The maximum absolute atomic E-state index is 10.1. The van der Waals surface area contributed by atoms with Gasteiger partial charge < -0.3 is 14.6 Å². The number of aliphatic hydroxyl groups is 1. The molecule has 0 aliphatic carbocycles. The summed E-state index contributed by atoms with van der Waals surface area (Å²) in [6.45, 7) is 2.20. The van der Waals surface area contributed by atoms with Crippen LogP contribution in [0.2, 0.25) is 0 Å². The van der Waals surface area contributed by atoms with Gasteiger partial charge in [-0.05, 0) is 48.5 Å². The molecule has 132 valence electrons. The van der Waals surface area contributed by atoms with Crippen LogP contribution in [-0.4, -0.2) is 48.5 Å². The zero-order chi connectivity index (χ0) is 18.4. The van der Waals surface area contributed by atoms with Crippen molar-refractivity contribution >= 4 is 0 Å². The molecule has 1 aliphatic heterocycles. The number of benzene rings is 2. The average Bonchev–Trinajstić information content (AvgIpc) is 2.65. The highest BCUT2D eigenvalue weighted by Gasteiger charge is 2.29. The number of rotatable bonds is 7. The van der Waals surface area contributed by atoms with E-state index in [0.29, 0.717) is 23.4 Å². The van der Waals surface area contributed by atoms with Crippen LogP contribution in [0.1, 0.15) is 11.1 Å². The molecule has 3 rings (SSSR count). The monoisotopic (exact) mass is 349 g/mol. The Balaban J connectivity index is 1.35. The van der Waals surface area contributed by atoms with E-state index in [-0.39, 0.29) is 12.7 Å². The zero-order valence-electron chi connectivity index (χ0n) is 14.2. The summed E-state index contributed by atoms with van der Waals surface area (Å²) in [7, 11) is 0. The van der Waals surface area contributed by atoms with Crippen LogP contribution < -0.4 is 9.47 Å². The normalized spacial score (nSPS) is 15.3. The minimum Gasteiger partial charge on any atom is -0.491 e. The van der Waals surface area contributed by atoms with E-state index in [2.05, 4.69) is 11.0 Å². The van der Waals surface area contributed by atoms with Crippen molar-refractivity contribution in [3.63, 3.8) is 0 Å². The van der Waals surface area contributed by atoms with Crippen LogP contribution in [0.5, 0.6) is 11.5 Å². The second-order valence-corrected chi connectivity index (χ2v) is 6.20. The number of nitriles is 2. The third-order valence-corrected chi connectivity index (χ3v) is 4.10.